The van der Waals surface area contributed by atoms with Gasteiger partial charge in [0.05, 0.1) is 0 Å². The first-order valence-corrected chi connectivity index (χ1v) is 4.74. The minimum absolute atomic E-state index is 0.0347. The molecule has 1 aromatic carbocycles. The van der Waals surface area contributed by atoms with Crippen LogP contribution in [-0.4, -0.2) is 0 Å². The third-order valence-electron chi connectivity index (χ3n) is 3.10. The molecule has 0 saturated heterocycles. The van der Waals surface area contributed by atoms with Crippen molar-refractivity contribution in [2.24, 2.45) is 11.1 Å². The summed E-state index contributed by atoms with van der Waals surface area (Å²) < 4.78 is 26.7. The molecule has 14 heavy (non-hydrogen) atoms. The predicted molar refractivity (Wildman–Crippen MR) is 50.6 cm³/mol. The summed E-state index contributed by atoms with van der Waals surface area (Å²) in [6.45, 7) is 1.96. The fraction of sp³-hybridized carbons (Fsp3) is 0.455. The van der Waals surface area contributed by atoms with Gasteiger partial charge < -0.3 is 5.73 Å². The number of hydrogen-bond donors (Lipinski definition) is 1. The highest BCUT2D eigenvalue weighted by molar-refractivity contribution is 5.26. The zero-order chi connectivity index (χ0) is 10.3. The zero-order valence-corrected chi connectivity index (χ0v) is 8.06. The van der Waals surface area contributed by atoms with E-state index >= 15 is 0 Å². The van der Waals surface area contributed by atoms with Gasteiger partial charge in [0.15, 0.2) is 0 Å². The van der Waals surface area contributed by atoms with Crippen molar-refractivity contribution in [2.45, 2.75) is 25.8 Å². The van der Waals surface area contributed by atoms with Crippen LogP contribution in [0.5, 0.6) is 0 Å². The van der Waals surface area contributed by atoms with Crippen LogP contribution < -0.4 is 5.73 Å². The summed E-state index contributed by atoms with van der Waals surface area (Å²) >= 11 is 0. The maximum absolute atomic E-state index is 13.3. The molecule has 1 aromatic rings. The van der Waals surface area contributed by atoms with E-state index in [1.165, 1.54) is 18.2 Å². The van der Waals surface area contributed by atoms with Crippen LogP contribution in [0, 0.1) is 17.0 Å². The maximum Gasteiger partial charge on any atom is 0.130 e. The van der Waals surface area contributed by atoms with Gasteiger partial charge >= 0.3 is 0 Å². The second kappa shape index (κ2) is 3.02. The van der Waals surface area contributed by atoms with Crippen LogP contribution >= 0.6 is 0 Å². The molecule has 1 aliphatic rings. The molecule has 76 valence electrons. The van der Waals surface area contributed by atoms with E-state index in [4.69, 9.17) is 5.73 Å². The third-order valence-corrected chi connectivity index (χ3v) is 3.10. The molecular weight excluding hydrogens is 184 g/mol. The second-order valence-electron chi connectivity index (χ2n) is 4.27. The Morgan fingerprint density at radius 2 is 1.79 bits per heavy atom. The smallest absolute Gasteiger partial charge is 0.130 e. The molecule has 2 N–H and O–H groups in total. The van der Waals surface area contributed by atoms with Gasteiger partial charge in [0.2, 0.25) is 0 Å². The molecular formula is C11H13F2N. The summed E-state index contributed by atoms with van der Waals surface area (Å²) in [6.07, 6.45) is 1.89. The lowest BCUT2D eigenvalue weighted by atomic mass is 9.92. The summed E-state index contributed by atoms with van der Waals surface area (Å²) in [5.74, 6) is -1.07. The Morgan fingerprint density at radius 3 is 2.21 bits per heavy atom. The van der Waals surface area contributed by atoms with E-state index < -0.39 is 17.7 Å². The van der Waals surface area contributed by atoms with E-state index in [-0.39, 0.29) is 11.0 Å². The van der Waals surface area contributed by atoms with Crippen LogP contribution in [0.4, 0.5) is 8.78 Å². The first-order valence-electron chi connectivity index (χ1n) is 4.74. The predicted octanol–water partition coefficient (Wildman–Crippen LogP) is 2.76. The van der Waals surface area contributed by atoms with E-state index in [1.807, 2.05) is 6.92 Å². The van der Waals surface area contributed by atoms with Crippen molar-refractivity contribution in [2.75, 3.05) is 0 Å². The fourth-order valence-electron chi connectivity index (χ4n) is 1.66. The number of nitrogens with two attached hydrogens (primary N) is 1. The summed E-state index contributed by atoms with van der Waals surface area (Å²) in [5.41, 5.74) is 5.78. The fourth-order valence-corrected chi connectivity index (χ4v) is 1.66. The van der Waals surface area contributed by atoms with Gasteiger partial charge in [-0.15, -0.1) is 0 Å². The van der Waals surface area contributed by atoms with E-state index in [0.29, 0.717) is 0 Å². The molecule has 1 aliphatic carbocycles. The number of benzene rings is 1. The average Bonchev–Trinajstić information content (AvgIpc) is 2.84. The Labute approximate surface area is 81.9 Å². The standard InChI is InChI=1S/C11H13F2N/c1-11(5-6-11)10(14)9-7(12)3-2-4-8(9)13/h2-4,10H,5-6,14H2,1H3. The number of hydrogen-bond acceptors (Lipinski definition) is 1. The Kier molecular flexibility index (Phi) is 2.07. The maximum atomic E-state index is 13.3. The molecule has 1 unspecified atom stereocenters. The van der Waals surface area contributed by atoms with Crippen molar-refractivity contribution in [1.82, 2.24) is 0 Å². The molecule has 2 rings (SSSR count). The van der Waals surface area contributed by atoms with Crippen LogP contribution in [0.2, 0.25) is 0 Å². The molecule has 1 atom stereocenters. The van der Waals surface area contributed by atoms with Gasteiger partial charge in [-0.3, -0.25) is 0 Å². The van der Waals surface area contributed by atoms with E-state index in [1.54, 1.807) is 0 Å². The van der Waals surface area contributed by atoms with Crippen molar-refractivity contribution < 1.29 is 8.78 Å². The Hall–Kier alpha value is -0.960. The van der Waals surface area contributed by atoms with E-state index in [9.17, 15) is 8.78 Å². The van der Waals surface area contributed by atoms with Gasteiger partial charge in [-0.25, -0.2) is 8.78 Å². The van der Waals surface area contributed by atoms with Gasteiger partial charge in [-0.2, -0.15) is 0 Å². The van der Waals surface area contributed by atoms with Crippen LogP contribution in [0.1, 0.15) is 31.4 Å². The summed E-state index contributed by atoms with van der Waals surface area (Å²) in [5, 5.41) is 0. The highest BCUT2D eigenvalue weighted by Gasteiger charge is 2.45. The van der Waals surface area contributed by atoms with Crippen molar-refractivity contribution >= 4 is 0 Å². The normalized spacial score (nSPS) is 20.6. The number of rotatable bonds is 2. The number of halogens is 2. The highest BCUT2D eigenvalue weighted by Crippen LogP contribution is 2.53. The SMILES string of the molecule is CC1(C(N)c2c(F)cccc2F)CC1. The molecule has 3 heteroatoms. The van der Waals surface area contributed by atoms with Crippen LogP contribution in [-0.2, 0) is 0 Å². The van der Waals surface area contributed by atoms with Gasteiger partial charge in [-0.1, -0.05) is 13.0 Å². The Morgan fingerprint density at radius 1 is 1.29 bits per heavy atom. The first-order chi connectivity index (χ1) is 6.54. The van der Waals surface area contributed by atoms with Gasteiger partial charge in [-0.05, 0) is 30.4 Å². The average molecular weight is 197 g/mol. The van der Waals surface area contributed by atoms with Crippen molar-refractivity contribution in [3.05, 3.63) is 35.4 Å². The van der Waals surface area contributed by atoms with Crippen molar-refractivity contribution in [3.8, 4) is 0 Å². The molecule has 1 nitrogen and oxygen atoms in total. The molecule has 0 amide bonds. The van der Waals surface area contributed by atoms with Crippen LogP contribution in [0.15, 0.2) is 18.2 Å². The lowest BCUT2D eigenvalue weighted by molar-refractivity contribution is 0.412. The molecule has 0 heterocycles. The minimum atomic E-state index is -0.536. The topological polar surface area (TPSA) is 26.0 Å². The van der Waals surface area contributed by atoms with E-state index in [0.717, 1.165) is 12.8 Å². The molecule has 1 fully saturated rings. The summed E-state index contributed by atoms with van der Waals surface area (Å²) in [7, 11) is 0. The summed E-state index contributed by atoms with van der Waals surface area (Å²) in [4.78, 5) is 0. The Bertz CT molecular complexity index is 338. The zero-order valence-electron chi connectivity index (χ0n) is 8.06. The van der Waals surface area contributed by atoms with Crippen LogP contribution in [0.3, 0.4) is 0 Å². The first kappa shape index (κ1) is 9.59. The Balaban J connectivity index is 2.40. The molecule has 0 spiro atoms. The molecule has 0 radical (unpaired) electrons. The largest absolute Gasteiger partial charge is 0.323 e. The van der Waals surface area contributed by atoms with Crippen molar-refractivity contribution in [1.29, 1.82) is 0 Å². The quantitative estimate of drug-likeness (QED) is 0.775. The van der Waals surface area contributed by atoms with Crippen molar-refractivity contribution in [3.63, 3.8) is 0 Å². The summed E-state index contributed by atoms with van der Waals surface area (Å²) in [6, 6.07) is 3.34. The van der Waals surface area contributed by atoms with Gasteiger partial charge in [0, 0.05) is 11.6 Å². The molecule has 0 aromatic heterocycles. The van der Waals surface area contributed by atoms with Gasteiger partial charge in [0.25, 0.3) is 0 Å². The third kappa shape index (κ3) is 1.42. The van der Waals surface area contributed by atoms with Crippen LogP contribution in [0.25, 0.3) is 0 Å². The van der Waals surface area contributed by atoms with E-state index in [2.05, 4.69) is 0 Å². The molecule has 0 bridgehead atoms. The minimum Gasteiger partial charge on any atom is -0.323 e. The molecule has 0 aliphatic heterocycles. The molecule has 1 saturated carbocycles. The monoisotopic (exact) mass is 197 g/mol. The highest BCUT2D eigenvalue weighted by atomic mass is 19.1. The lowest BCUT2D eigenvalue weighted by Crippen LogP contribution is -2.22. The lowest BCUT2D eigenvalue weighted by Gasteiger charge is -2.20. The second-order valence-corrected chi connectivity index (χ2v) is 4.27. The van der Waals surface area contributed by atoms with Gasteiger partial charge in [0.1, 0.15) is 11.6 Å².